The van der Waals surface area contributed by atoms with E-state index < -0.39 is 28.3 Å². The van der Waals surface area contributed by atoms with E-state index in [-0.39, 0.29) is 22.0 Å². The summed E-state index contributed by atoms with van der Waals surface area (Å²) in [5, 5.41) is 23.6. The van der Waals surface area contributed by atoms with Gasteiger partial charge in [0, 0.05) is 21.7 Å². The summed E-state index contributed by atoms with van der Waals surface area (Å²) in [5.74, 6) is -1.38. The Morgan fingerprint density at radius 3 is 2.54 bits per heavy atom. The van der Waals surface area contributed by atoms with E-state index in [0.29, 0.717) is 5.02 Å². The highest BCUT2D eigenvalue weighted by atomic mass is 35.5. The van der Waals surface area contributed by atoms with Gasteiger partial charge in [0.25, 0.3) is 5.91 Å². The zero-order valence-electron chi connectivity index (χ0n) is 12.8. The van der Waals surface area contributed by atoms with Crippen molar-refractivity contribution in [3.63, 3.8) is 0 Å². The highest BCUT2D eigenvalue weighted by Gasteiger charge is 2.35. The Hall–Kier alpha value is -3.10. The number of nitro benzene ring substituents is 1. The zero-order valence-corrected chi connectivity index (χ0v) is 14.3. The molecule has 0 saturated carbocycles. The van der Waals surface area contributed by atoms with E-state index in [4.69, 9.17) is 23.2 Å². The first-order valence-electron chi connectivity index (χ1n) is 7.07. The third-order valence-electron chi connectivity index (χ3n) is 3.53. The van der Waals surface area contributed by atoms with Gasteiger partial charge in [-0.15, -0.1) is 0 Å². The third kappa shape index (κ3) is 3.19. The molecule has 2 N–H and O–H groups in total. The molecular formula is C16H9Cl2N3O5. The zero-order chi connectivity index (χ0) is 19.0. The van der Waals surface area contributed by atoms with Gasteiger partial charge in [0.15, 0.2) is 0 Å². The topological polar surface area (TPSA) is 113 Å². The first kappa shape index (κ1) is 17.7. The van der Waals surface area contributed by atoms with Gasteiger partial charge in [0.1, 0.15) is 5.70 Å². The lowest BCUT2D eigenvalue weighted by Crippen LogP contribution is -2.30. The molecule has 0 atom stereocenters. The molecule has 132 valence electrons. The van der Waals surface area contributed by atoms with Crippen molar-refractivity contribution < 1.29 is 19.6 Å². The van der Waals surface area contributed by atoms with Gasteiger partial charge in [-0.2, -0.15) is 0 Å². The maximum absolute atomic E-state index is 12.5. The smallest absolute Gasteiger partial charge is 0.333 e. The summed E-state index contributed by atoms with van der Waals surface area (Å²) in [7, 11) is 0. The van der Waals surface area contributed by atoms with Gasteiger partial charge in [0.2, 0.25) is 5.75 Å². The molecule has 0 aliphatic carbocycles. The van der Waals surface area contributed by atoms with Gasteiger partial charge in [0.05, 0.1) is 10.6 Å². The van der Waals surface area contributed by atoms with E-state index in [1.807, 2.05) is 0 Å². The molecule has 0 bridgehead atoms. The van der Waals surface area contributed by atoms with E-state index in [0.717, 1.165) is 17.0 Å². The fourth-order valence-electron chi connectivity index (χ4n) is 2.39. The van der Waals surface area contributed by atoms with Crippen LogP contribution in [0.4, 0.5) is 16.2 Å². The van der Waals surface area contributed by atoms with Gasteiger partial charge in [-0.1, -0.05) is 29.3 Å². The molecule has 0 spiro atoms. The number of anilines is 1. The minimum absolute atomic E-state index is 0.00943. The lowest BCUT2D eigenvalue weighted by molar-refractivity contribution is -0.385. The molecule has 8 nitrogen and oxygen atoms in total. The van der Waals surface area contributed by atoms with Gasteiger partial charge < -0.3 is 10.4 Å². The molecular weight excluding hydrogens is 385 g/mol. The maximum atomic E-state index is 12.5. The number of nitro groups is 1. The van der Waals surface area contributed by atoms with Crippen LogP contribution in [0.15, 0.2) is 42.1 Å². The van der Waals surface area contributed by atoms with Crippen molar-refractivity contribution >= 4 is 52.6 Å². The number of carbonyl (C=O) groups excluding carboxylic acids is 2. The van der Waals surface area contributed by atoms with E-state index in [1.165, 1.54) is 18.2 Å². The van der Waals surface area contributed by atoms with Crippen molar-refractivity contribution in [1.29, 1.82) is 0 Å². The SMILES string of the molecule is O=C1N/C(=C/c2cc(Cl)cc([N+](=O)[O-])c2O)C(=O)N1c1cccc(Cl)c1. The van der Waals surface area contributed by atoms with E-state index in [1.54, 1.807) is 12.1 Å². The number of hydrogen-bond donors (Lipinski definition) is 2. The summed E-state index contributed by atoms with van der Waals surface area (Å²) >= 11 is 11.7. The second-order valence-electron chi connectivity index (χ2n) is 5.23. The van der Waals surface area contributed by atoms with Gasteiger partial charge >= 0.3 is 11.7 Å². The van der Waals surface area contributed by atoms with Crippen LogP contribution in [0.3, 0.4) is 0 Å². The largest absolute Gasteiger partial charge is 0.502 e. The number of carbonyl (C=O) groups is 2. The van der Waals surface area contributed by atoms with Crippen LogP contribution in [-0.2, 0) is 4.79 Å². The van der Waals surface area contributed by atoms with Gasteiger partial charge in [-0.25, -0.2) is 9.69 Å². The molecule has 1 aliphatic heterocycles. The quantitative estimate of drug-likeness (QED) is 0.357. The highest BCUT2D eigenvalue weighted by Crippen LogP contribution is 2.35. The number of phenols is 1. The van der Waals surface area contributed by atoms with E-state index in [9.17, 15) is 24.8 Å². The molecule has 1 fully saturated rings. The molecule has 0 radical (unpaired) electrons. The summed E-state index contributed by atoms with van der Waals surface area (Å²) in [6.07, 6.45) is 1.11. The van der Waals surface area contributed by atoms with Crippen molar-refractivity contribution in [2.45, 2.75) is 0 Å². The number of amides is 3. The average molecular weight is 394 g/mol. The second kappa shape index (κ2) is 6.66. The summed E-state index contributed by atoms with van der Waals surface area (Å²) in [4.78, 5) is 35.7. The lowest BCUT2D eigenvalue weighted by atomic mass is 10.1. The number of imide groups is 1. The van der Waals surface area contributed by atoms with Crippen LogP contribution in [0.5, 0.6) is 5.75 Å². The minimum atomic E-state index is -0.809. The van der Waals surface area contributed by atoms with Crippen molar-refractivity contribution in [1.82, 2.24) is 5.32 Å². The number of aromatic hydroxyl groups is 1. The molecule has 0 unspecified atom stereocenters. The fourth-order valence-corrected chi connectivity index (χ4v) is 2.80. The van der Waals surface area contributed by atoms with Crippen LogP contribution < -0.4 is 10.2 Å². The highest BCUT2D eigenvalue weighted by molar-refractivity contribution is 6.32. The summed E-state index contributed by atoms with van der Waals surface area (Å²) < 4.78 is 0. The van der Waals surface area contributed by atoms with Crippen LogP contribution in [-0.4, -0.2) is 22.0 Å². The molecule has 26 heavy (non-hydrogen) atoms. The van der Waals surface area contributed by atoms with Crippen LogP contribution in [0, 0.1) is 10.1 Å². The Kier molecular flexibility index (Phi) is 4.54. The number of rotatable bonds is 3. The first-order chi connectivity index (χ1) is 12.3. The normalized spacial score (nSPS) is 15.5. The fraction of sp³-hybridized carbons (Fsp3) is 0. The number of nitrogens with zero attached hydrogens (tertiary/aromatic N) is 2. The molecule has 0 aromatic heterocycles. The molecule has 1 saturated heterocycles. The third-order valence-corrected chi connectivity index (χ3v) is 3.98. The number of benzene rings is 2. The van der Waals surface area contributed by atoms with Crippen molar-refractivity contribution in [2.24, 2.45) is 0 Å². The lowest BCUT2D eigenvalue weighted by Gasteiger charge is -2.11. The Morgan fingerprint density at radius 1 is 1.15 bits per heavy atom. The first-order valence-corrected chi connectivity index (χ1v) is 7.83. The summed E-state index contributed by atoms with van der Waals surface area (Å²) in [5.41, 5.74) is -0.625. The van der Waals surface area contributed by atoms with Crippen LogP contribution in [0.1, 0.15) is 5.56 Å². The predicted molar refractivity (Wildman–Crippen MR) is 95.2 cm³/mol. The molecule has 2 aromatic rings. The minimum Gasteiger partial charge on any atom is -0.502 e. The van der Waals surface area contributed by atoms with Crippen molar-refractivity contribution in [3.05, 3.63) is 67.8 Å². The van der Waals surface area contributed by atoms with E-state index >= 15 is 0 Å². The van der Waals surface area contributed by atoms with E-state index in [2.05, 4.69) is 5.32 Å². The Bertz CT molecular complexity index is 990. The van der Waals surface area contributed by atoms with Gasteiger partial charge in [-0.05, 0) is 30.3 Å². The Labute approximate surface area is 156 Å². The van der Waals surface area contributed by atoms with Crippen LogP contribution in [0.2, 0.25) is 10.0 Å². The number of nitrogens with one attached hydrogen (secondary N) is 1. The van der Waals surface area contributed by atoms with Gasteiger partial charge in [-0.3, -0.25) is 14.9 Å². The number of hydrogen-bond acceptors (Lipinski definition) is 5. The average Bonchev–Trinajstić information content (AvgIpc) is 2.84. The molecule has 1 aliphatic rings. The number of halogens is 2. The number of phenolic OH excluding ortho intramolecular Hbond substituents is 1. The molecule has 2 aromatic carbocycles. The number of urea groups is 1. The van der Waals surface area contributed by atoms with Crippen LogP contribution in [0.25, 0.3) is 6.08 Å². The Balaban J connectivity index is 2.03. The van der Waals surface area contributed by atoms with Crippen LogP contribution >= 0.6 is 23.2 Å². The Morgan fingerprint density at radius 2 is 1.88 bits per heavy atom. The van der Waals surface area contributed by atoms with Crippen molar-refractivity contribution in [2.75, 3.05) is 4.90 Å². The molecule has 10 heteroatoms. The molecule has 1 heterocycles. The maximum Gasteiger partial charge on any atom is 0.333 e. The predicted octanol–water partition coefficient (Wildman–Crippen LogP) is 3.70. The summed E-state index contributed by atoms with van der Waals surface area (Å²) in [6, 6.07) is 7.61. The van der Waals surface area contributed by atoms with Crippen molar-refractivity contribution in [3.8, 4) is 5.75 Å². The standard InChI is InChI=1S/C16H9Cl2N3O5/c17-9-2-1-3-11(6-9)20-15(23)12(19-16(20)24)5-8-4-10(18)7-13(14(8)22)21(25)26/h1-7,22H,(H,19,24)/b12-5+. The summed E-state index contributed by atoms with van der Waals surface area (Å²) in [6.45, 7) is 0. The second-order valence-corrected chi connectivity index (χ2v) is 6.10. The monoisotopic (exact) mass is 393 g/mol. The molecule has 3 amide bonds. The molecule has 3 rings (SSSR count).